The lowest BCUT2D eigenvalue weighted by atomic mass is 10.0. The number of carboxylic acid groups (broad SMARTS) is 1. The van der Waals surface area contributed by atoms with Crippen molar-refractivity contribution in [3.63, 3.8) is 0 Å². The van der Waals surface area contributed by atoms with E-state index in [2.05, 4.69) is 0 Å². The molecular formula is C12H17NO5. The average molecular weight is 255 g/mol. The molecule has 0 amide bonds. The van der Waals surface area contributed by atoms with Crippen LogP contribution in [-0.4, -0.2) is 32.4 Å². The second kappa shape index (κ2) is 6.11. The number of carboxylic acids is 1. The highest BCUT2D eigenvalue weighted by Crippen LogP contribution is 2.42. The summed E-state index contributed by atoms with van der Waals surface area (Å²) in [5.74, 6) is 0.323. The van der Waals surface area contributed by atoms with Gasteiger partial charge in [-0.3, -0.25) is 4.79 Å². The number of hydrogen-bond donors (Lipinski definition) is 2. The Kier molecular flexibility index (Phi) is 4.79. The molecule has 1 unspecified atom stereocenters. The maximum Gasteiger partial charge on any atom is 0.305 e. The molecule has 0 heterocycles. The highest BCUT2D eigenvalue weighted by atomic mass is 16.5. The number of hydrogen-bond acceptors (Lipinski definition) is 5. The highest BCUT2D eigenvalue weighted by Gasteiger charge is 2.21. The minimum atomic E-state index is -0.973. The van der Waals surface area contributed by atoms with Gasteiger partial charge in [0.25, 0.3) is 0 Å². The van der Waals surface area contributed by atoms with Crippen LogP contribution in [0, 0.1) is 0 Å². The van der Waals surface area contributed by atoms with Gasteiger partial charge in [0.2, 0.25) is 5.75 Å². The molecule has 0 fully saturated rings. The summed E-state index contributed by atoms with van der Waals surface area (Å²) in [4.78, 5) is 10.7. The number of benzene rings is 1. The van der Waals surface area contributed by atoms with Crippen molar-refractivity contribution in [1.82, 2.24) is 0 Å². The minimum Gasteiger partial charge on any atom is -0.493 e. The second-order valence-electron chi connectivity index (χ2n) is 3.63. The van der Waals surface area contributed by atoms with E-state index >= 15 is 0 Å². The van der Waals surface area contributed by atoms with Gasteiger partial charge in [0.1, 0.15) is 0 Å². The first kappa shape index (κ1) is 14.1. The molecule has 0 aliphatic heterocycles. The molecule has 1 atom stereocenters. The smallest absolute Gasteiger partial charge is 0.305 e. The number of carbonyl (C=O) groups is 1. The Bertz CT molecular complexity index is 433. The van der Waals surface area contributed by atoms with E-state index in [-0.39, 0.29) is 6.42 Å². The Labute approximate surface area is 105 Å². The SMILES string of the molecule is COc1ccc(C(N)CC(=O)O)c(OC)c1OC. The van der Waals surface area contributed by atoms with E-state index in [1.807, 2.05) is 0 Å². The van der Waals surface area contributed by atoms with E-state index < -0.39 is 12.0 Å². The van der Waals surface area contributed by atoms with Crippen LogP contribution in [0.3, 0.4) is 0 Å². The van der Waals surface area contributed by atoms with E-state index in [1.165, 1.54) is 21.3 Å². The molecule has 1 aromatic carbocycles. The first-order valence-corrected chi connectivity index (χ1v) is 5.31. The van der Waals surface area contributed by atoms with E-state index in [4.69, 9.17) is 25.1 Å². The fourth-order valence-corrected chi connectivity index (χ4v) is 1.71. The zero-order valence-electron chi connectivity index (χ0n) is 10.6. The van der Waals surface area contributed by atoms with Crippen LogP contribution in [-0.2, 0) is 4.79 Å². The summed E-state index contributed by atoms with van der Waals surface area (Å²) in [6.45, 7) is 0. The summed E-state index contributed by atoms with van der Waals surface area (Å²) in [5, 5.41) is 8.76. The van der Waals surface area contributed by atoms with Crippen LogP contribution >= 0.6 is 0 Å². The first-order chi connectivity index (χ1) is 8.54. The molecule has 0 aliphatic rings. The molecule has 6 nitrogen and oxygen atoms in total. The Morgan fingerprint density at radius 2 is 1.83 bits per heavy atom. The molecule has 6 heteroatoms. The molecule has 0 aliphatic carbocycles. The van der Waals surface area contributed by atoms with Crippen molar-refractivity contribution in [3.05, 3.63) is 17.7 Å². The minimum absolute atomic E-state index is 0.189. The molecule has 0 saturated carbocycles. The molecule has 0 radical (unpaired) electrons. The van der Waals surface area contributed by atoms with Gasteiger partial charge in [0.05, 0.1) is 27.8 Å². The maximum atomic E-state index is 10.7. The van der Waals surface area contributed by atoms with Crippen molar-refractivity contribution in [2.24, 2.45) is 5.73 Å². The third kappa shape index (κ3) is 2.84. The van der Waals surface area contributed by atoms with Crippen LogP contribution < -0.4 is 19.9 Å². The average Bonchev–Trinajstić information content (AvgIpc) is 2.35. The molecule has 0 aromatic heterocycles. The number of methoxy groups -OCH3 is 3. The van der Waals surface area contributed by atoms with Gasteiger partial charge in [-0.25, -0.2) is 0 Å². The van der Waals surface area contributed by atoms with Crippen molar-refractivity contribution < 1.29 is 24.1 Å². The fraction of sp³-hybridized carbons (Fsp3) is 0.417. The highest BCUT2D eigenvalue weighted by molar-refractivity contribution is 5.68. The maximum absolute atomic E-state index is 10.7. The lowest BCUT2D eigenvalue weighted by Crippen LogP contribution is -2.16. The Morgan fingerprint density at radius 3 is 2.28 bits per heavy atom. The third-order valence-electron chi connectivity index (χ3n) is 2.53. The summed E-state index contributed by atoms with van der Waals surface area (Å²) in [6.07, 6.45) is -0.189. The zero-order valence-corrected chi connectivity index (χ0v) is 10.6. The van der Waals surface area contributed by atoms with Crippen molar-refractivity contribution in [1.29, 1.82) is 0 Å². The molecule has 3 N–H and O–H groups in total. The Morgan fingerprint density at radius 1 is 1.22 bits per heavy atom. The number of aliphatic carboxylic acids is 1. The lowest BCUT2D eigenvalue weighted by Gasteiger charge is -2.18. The molecule has 0 spiro atoms. The predicted molar refractivity (Wildman–Crippen MR) is 65.3 cm³/mol. The summed E-state index contributed by atoms with van der Waals surface area (Å²) in [5.41, 5.74) is 6.40. The molecule has 0 bridgehead atoms. The Hall–Kier alpha value is -1.95. The lowest BCUT2D eigenvalue weighted by molar-refractivity contribution is -0.137. The summed E-state index contributed by atoms with van der Waals surface area (Å²) >= 11 is 0. The van der Waals surface area contributed by atoms with Crippen molar-refractivity contribution in [2.45, 2.75) is 12.5 Å². The van der Waals surface area contributed by atoms with Gasteiger partial charge in [-0.15, -0.1) is 0 Å². The van der Waals surface area contributed by atoms with Gasteiger partial charge in [0.15, 0.2) is 11.5 Å². The first-order valence-electron chi connectivity index (χ1n) is 5.31. The number of ether oxygens (including phenoxy) is 3. The largest absolute Gasteiger partial charge is 0.493 e. The molecule has 100 valence electrons. The van der Waals surface area contributed by atoms with Gasteiger partial charge in [0, 0.05) is 11.6 Å². The van der Waals surface area contributed by atoms with Crippen LogP contribution in [0.1, 0.15) is 18.0 Å². The fourth-order valence-electron chi connectivity index (χ4n) is 1.71. The summed E-state index contributed by atoms with van der Waals surface area (Å²) < 4.78 is 15.6. The molecular weight excluding hydrogens is 238 g/mol. The molecule has 1 aromatic rings. The Balaban J connectivity index is 3.23. The summed E-state index contributed by atoms with van der Waals surface area (Å²) in [6, 6.07) is 2.67. The van der Waals surface area contributed by atoms with E-state index in [1.54, 1.807) is 12.1 Å². The van der Waals surface area contributed by atoms with Crippen molar-refractivity contribution in [2.75, 3.05) is 21.3 Å². The van der Waals surface area contributed by atoms with Gasteiger partial charge >= 0.3 is 5.97 Å². The quantitative estimate of drug-likeness (QED) is 0.793. The van der Waals surface area contributed by atoms with Crippen LogP contribution in [0.25, 0.3) is 0 Å². The monoisotopic (exact) mass is 255 g/mol. The summed E-state index contributed by atoms with van der Waals surface area (Å²) in [7, 11) is 4.45. The van der Waals surface area contributed by atoms with Crippen LogP contribution in [0.2, 0.25) is 0 Å². The zero-order chi connectivity index (χ0) is 13.7. The van der Waals surface area contributed by atoms with E-state index in [9.17, 15) is 4.79 Å². The number of nitrogens with two attached hydrogens (primary N) is 1. The molecule has 18 heavy (non-hydrogen) atoms. The predicted octanol–water partition coefficient (Wildman–Crippen LogP) is 1.19. The second-order valence-corrected chi connectivity index (χ2v) is 3.63. The van der Waals surface area contributed by atoms with Gasteiger partial charge in [-0.2, -0.15) is 0 Å². The van der Waals surface area contributed by atoms with Crippen molar-refractivity contribution in [3.8, 4) is 17.2 Å². The third-order valence-corrected chi connectivity index (χ3v) is 2.53. The van der Waals surface area contributed by atoms with Gasteiger partial charge in [-0.1, -0.05) is 0 Å². The molecule has 1 rings (SSSR count). The number of rotatable bonds is 6. The van der Waals surface area contributed by atoms with E-state index in [0.29, 0.717) is 22.8 Å². The molecule has 0 saturated heterocycles. The van der Waals surface area contributed by atoms with Crippen LogP contribution in [0.15, 0.2) is 12.1 Å². The topological polar surface area (TPSA) is 91.0 Å². The van der Waals surface area contributed by atoms with Gasteiger partial charge < -0.3 is 25.1 Å². The van der Waals surface area contributed by atoms with Crippen LogP contribution in [0.4, 0.5) is 0 Å². The standard InChI is InChI=1S/C12H17NO5/c1-16-9-5-4-7(8(13)6-10(14)15)11(17-2)12(9)18-3/h4-5,8H,6,13H2,1-3H3,(H,14,15). The van der Waals surface area contributed by atoms with Crippen molar-refractivity contribution >= 4 is 5.97 Å². The normalized spacial score (nSPS) is 11.8. The van der Waals surface area contributed by atoms with Crippen LogP contribution in [0.5, 0.6) is 17.2 Å². The van der Waals surface area contributed by atoms with Gasteiger partial charge in [-0.05, 0) is 12.1 Å². The van der Waals surface area contributed by atoms with E-state index in [0.717, 1.165) is 0 Å².